The quantitative estimate of drug-likeness (QED) is 0.864. The maximum absolute atomic E-state index is 13.5. The van der Waals surface area contributed by atoms with Gasteiger partial charge in [-0.05, 0) is 12.5 Å². The molecular weight excluding hydrogens is 257 g/mol. The third-order valence-corrected chi connectivity index (χ3v) is 3.35. The Balaban J connectivity index is 2.56. The molecule has 0 spiro atoms. The van der Waals surface area contributed by atoms with Gasteiger partial charge >= 0.3 is 12.2 Å². The fourth-order valence-electron chi connectivity index (χ4n) is 2.38. The number of para-hydroxylation sites is 1. The van der Waals surface area contributed by atoms with Crippen molar-refractivity contribution in [3.8, 4) is 0 Å². The van der Waals surface area contributed by atoms with Crippen LogP contribution in [0, 0.1) is 0 Å². The number of urea groups is 1. The lowest BCUT2D eigenvalue weighted by atomic mass is 9.82. The van der Waals surface area contributed by atoms with Crippen LogP contribution < -0.4 is 10.6 Å². The lowest BCUT2D eigenvalue weighted by Crippen LogP contribution is -2.60. The van der Waals surface area contributed by atoms with Crippen molar-refractivity contribution < 1.29 is 18.0 Å². The molecule has 104 valence electrons. The minimum absolute atomic E-state index is 0.0792. The van der Waals surface area contributed by atoms with Crippen LogP contribution in [0.2, 0.25) is 0 Å². The van der Waals surface area contributed by atoms with Crippen molar-refractivity contribution in [2.24, 2.45) is 0 Å². The molecule has 1 aliphatic rings. The minimum Gasteiger partial charge on any atom is -0.320 e. The number of amides is 2. The summed E-state index contributed by atoms with van der Waals surface area (Å²) in [6.45, 7) is 1.82. The molecule has 1 aromatic carbocycles. The van der Waals surface area contributed by atoms with E-state index >= 15 is 0 Å². The molecule has 19 heavy (non-hydrogen) atoms. The van der Waals surface area contributed by atoms with Gasteiger partial charge in [-0.25, -0.2) is 4.79 Å². The molecule has 2 rings (SSSR count). The number of carbonyl (C=O) groups is 1. The second-order valence-electron chi connectivity index (χ2n) is 4.63. The predicted octanol–water partition coefficient (Wildman–Crippen LogP) is 3.77. The standard InChI is InChI=1S/C13H15F3N2O/c1-2-3-8-12(13(14,15)16)9-6-4-5-7-10(9)17-11(19)18-12/h4-7H,2-3,8H2,1H3,(H2,17,18,19)/t12-/m0/s1. The number of hydrogen-bond acceptors (Lipinski definition) is 1. The smallest absolute Gasteiger partial charge is 0.320 e. The molecule has 0 fully saturated rings. The lowest BCUT2D eigenvalue weighted by molar-refractivity contribution is -0.200. The fraction of sp³-hybridized carbons (Fsp3) is 0.462. The third kappa shape index (κ3) is 2.27. The molecule has 2 N–H and O–H groups in total. The van der Waals surface area contributed by atoms with Gasteiger partial charge in [0.05, 0.1) is 0 Å². The third-order valence-electron chi connectivity index (χ3n) is 3.35. The highest BCUT2D eigenvalue weighted by Crippen LogP contribution is 2.46. The van der Waals surface area contributed by atoms with Gasteiger partial charge in [0.25, 0.3) is 0 Å². The summed E-state index contributed by atoms with van der Waals surface area (Å²) in [5.74, 6) is 0. The summed E-state index contributed by atoms with van der Waals surface area (Å²) in [5.41, 5.74) is -1.99. The summed E-state index contributed by atoms with van der Waals surface area (Å²) >= 11 is 0. The average Bonchev–Trinajstić information content (AvgIpc) is 2.34. The number of fused-ring (bicyclic) bond motifs is 1. The van der Waals surface area contributed by atoms with E-state index in [4.69, 9.17) is 0 Å². The van der Waals surface area contributed by atoms with Gasteiger partial charge in [0.2, 0.25) is 0 Å². The van der Waals surface area contributed by atoms with Gasteiger partial charge in [0.1, 0.15) is 0 Å². The molecule has 1 atom stereocenters. The Morgan fingerprint density at radius 2 is 1.95 bits per heavy atom. The van der Waals surface area contributed by atoms with Crippen molar-refractivity contribution in [3.63, 3.8) is 0 Å². The number of halogens is 3. The normalized spacial score (nSPS) is 22.4. The number of anilines is 1. The highest BCUT2D eigenvalue weighted by molar-refractivity contribution is 5.93. The van der Waals surface area contributed by atoms with Gasteiger partial charge in [-0.15, -0.1) is 0 Å². The van der Waals surface area contributed by atoms with E-state index in [0.29, 0.717) is 12.8 Å². The molecule has 1 aliphatic heterocycles. The molecule has 2 amide bonds. The monoisotopic (exact) mass is 272 g/mol. The van der Waals surface area contributed by atoms with Crippen molar-refractivity contribution in [1.82, 2.24) is 5.32 Å². The van der Waals surface area contributed by atoms with Crippen LogP contribution in [0.1, 0.15) is 31.7 Å². The van der Waals surface area contributed by atoms with Gasteiger partial charge in [-0.1, -0.05) is 38.0 Å². The van der Waals surface area contributed by atoms with E-state index in [2.05, 4.69) is 10.6 Å². The van der Waals surface area contributed by atoms with Gasteiger partial charge in [0.15, 0.2) is 5.54 Å². The minimum atomic E-state index is -4.53. The summed E-state index contributed by atoms with van der Waals surface area (Å²) in [6, 6.07) is 5.23. The first-order valence-electron chi connectivity index (χ1n) is 6.16. The maximum atomic E-state index is 13.5. The van der Waals surface area contributed by atoms with Crippen LogP contribution in [-0.4, -0.2) is 12.2 Å². The number of carbonyl (C=O) groups excluding carboxylic acids is 1. The number of unbranched alkanes of at least 4 members (excludes halogenated alkanes) is 1. The van der Waals surface area contributed by atoms with Crippen LogP contribution in [0.15, 0.2) is 24.3 Å². The van der Waals surface area contributed by atoms with E-state index in [1.54, 1.807) is 12.1 Å². The number of rotatable bonds is 3. The van der Waals surface area contributed by atoms with Crippen LogP contribution in [0.4, 0.5) is 23.7 Å². The van der Waals surface area contributed by atoms with Crippen LogP contribution in [0.5, 0.6) is 0 Å². The van der Waals surface area contributed by atoms with Gasteiger partial charge in [-0.2, -0.15) is 13.2 Å². The summed E-state index contributed by atoms with van der Waals surface area (Å²) in [6.07, 6.45) is -3.68. The van der Waals surface area contributed by atoms with Gasteiger partial charge in [-0.3, -0.25) is 0 Å². The van der Waals surface area contributed by atoms with Gasteiger partial charge < -0.3 is 10.6 Å². The lowest BCUT2D eigenvalue weighted by Gasteiger charge is -2.41. The second kappa shape index (κ2) is 4.75. The van der Waals surface area contributed by atoms with Gasteiger partial charge in [0, 0.05) is 11.3 Å². The summed E-state index contributed by atoms with van der Waals surface area (Å²) in [5, 5.41) is 4.50. The number of alkyl halides is 3. The topological polar surface area (TPSA) is 41.1 Å². The molecule has 0 aliphatic carbocycles. The Bertz CT molecular complexity index is 487. The zero-order chi connectivity index (χ0) is 14.1. The molecule has 0 saturated heterocycles. The largest absolute Gasteiger partial charge is 0.415 e. The maximum Gasteiger partial charge on any atom is 0.415 e. The number of benzene rings is 1. The van der Waals surface area contributed by atoms with Crippen molar-refractivity contribution >= 4 is 11.7 Å². The Kier molecular flexibility index (Phi) is 3.43. The molecule has 0 unspecified atom stereocenters. The fourth-order valence-corrected chi connectivity index (χ4v) is 2.38. The van der Waals surface area contributed by atoms with Crippen LogP contribution >= 0.6 is 0 Å². The van der Waals surface area contributed by atoms with Crippen molar-refractivity contribution in [2.45, 2.75) is 37.9 Å². The van der Waals surface area contributed by atoms with E-state index < -0.39 is 17.7 Å². The van der Waals surface area contributed by atoms with Crippen molar-refractivity contribution in [1.29, 1.82) is 0 Å². The van der Waals surface area contributed by atoms with E-state index in [9.17, 15) is 18.0 Å². The first kappa shape index (κ1) is 13.7. The molecule has 3 nitrogen and oxygen atoms in total. The summed E-state index contributed by atoms with van der Waals surface area (Å²) < 4.78 is 40.6. The van der Waals surface area contributed by atoms with Crippen molar-refractivity contribution in [2.75, 3.05) is 5.32 Å². The average molecular weight is 272 g/mol. The van der Waals surface area contributed by atoms with E-state index in [1.165, 1.54) is 12.1 Å². The van der Waals surface area contributed by atoms with Crippen LogP contribution in [0.25, 0.3) is 0 Å². The Morgan fingerprint density at radius 1 is 1.26 bits per heavy atom. The summed E-state index contributed by atoms with van der Waals surface area (Å²) in [7, 11) is 0. The molecule has 0 saturated carbocycles. The molecule has 1 aromatic rings. The predicted molar refractivity (Wildman–Crippen MR) is 65.9 cm³/mol. The first-order valence-corrected chi connectivity index (χ1v) is 6.16. The number of nitrogens with one attached hydrogen (secondary N) is 2. The molecule has 1 heterocycles. The SMILES string of the molecule is CCCC[C@]1(C(F)(F)F)NC(=O)Nc2ccccc21. The first-order chi connectivity index (χ1) is 8.90. The molecule has 0 bridgehead atoms. The molecule has 0 radical (unpaired) electrons. The second-order valence-corrected chi connectivity index (χ2v) is 4.63. The van der Waals surface area contributed by atoms with Crippen LogP contribution in [-0.2, 0) is 5.54 Å². The Labute approximate surface area is 109 Å². The number of hydrogen-bond donors (Lipinski definition) is 2. The Morgan fingerprint density at radius 3 is 2.58 bits per heavy atom. The zero-order valence-electron chi connectivity index (χ0n) is 10.5. The zero-order valence-corrected chi connectivity index (χ0v) is 10.5. The van der Waals surface area contributed by atoms with E-state index in [1.807, 2.05) is 6.92 Å². The van der Waals surface area contributed by atoms with E-state index in [-0.39, 0.29) is 17.7 Å². The van der Waals surface area contributed by atoms with Crippen molar-refractivity contribution in [3.05, 3.63) is 29.8 Å². The highest BCUT2D eigenvalue weighted by Gasteiger charge is 2.58. The highest BCUT2D eigenvalue weighted by atomic mass is 19.4. The Hall–Kier alpha value is -1.72. The van der Waals surface area contributed by atoms with Crippen LogP contribution in [0.3, 0.4) is 0 Å². The molecule has 0 aromatic heterocycles. The summed E-state index contributed by atoms with van der Waals surface area (Å²) in [4.78, 5) is 11.5. The van der Waals surface area contributed by atoms with E-state index in [0.717, 1.165) is 0 Å². The molecule has 6 heteroatoms. The molecular formula is C13H15F3N2O.